The summed E-state index contributed by atoms with van der Waals surface area (Å²) >= 11 is 1.24. The third-order valence-corrected chi connectivity index (χ3v) is 6.20. The van der Waals surface area contributed by atoms with Crippen molar-refractivity contribution in [3.63, 3.8) is 0 Å². The predicted molar refractivity (Wildman–Crippen MR) is 130 cm³/mol. The van der Waals surface area contributed by atoms with Crippen LogP contribution in [0.4, 0.5) is 5.69 Å². The Morgan fingerprint density at radius 2 is 1.13 bits per heavy atom. The van der Waals surface area contributed by atoms with Crippen LogP contribution in [0.25, 0.3) is 33.3 Å². The molecule has 2 N–H and O–H groups in total. The summed E-state index contributed by atoms with van der Waals surface area (Å²) in [4.78, 5) is 0. The minimum atomic E-state index is 0.116. The molecule has 0 fully saturated rings. The van der Waals surface area contributed by atoms with E-state index < -0.39 is 0 Å². The molecule has 0 aliphatic carbocycles. The van der Waals surface area contributed by atoms with Crippen molar-refractivity contribution in [2.45, 2.75) is 52.4 Å². The highest BCUT2D eigenvalue weighted by Crippen LogP contribution is 2.40. The molecule has 0 bridgehead atoms. The average molecular weight is 416 g/mol. The van der Waals surface area contributed by atoms with Gasteiger partial charge in [0.1, 0.15) is 11.0 Å². The van der Waals surface area contributed by atoms with Crippen molar-refractivity contribution >= 4 is 28.4 Å². The summed E-state index contributed by atoms with van der Waals surface area (Å²) in [5, 5.41) is 0. The lowest BCUT2D eigenvalue weighted by molar-refractivity contribution is 0.590. The van der Waals surface area contributed by atoms with Gasteiger partial charge in [0.05, 0.1) is 11.7 Å². The standard InChI is InChI=1S/C26H29N3S/c1-25(2,3)18-11-7-16(8-12-18)20-15-21(27)22(24-23(20)28-30-29-24)17-9-13-19(14-10-17)26(4,5)6/h7-15H,27H2,1-6H3. The van der Waals surface area contributed by atoms with E-state index in [0.717, 1.165) is 39.0 Å². The Hall–Kier alpha value is -2.72. The van der Waals surface area contributed by atoms with E-state index in [0.29, 0.717) is 0 Å². The maximum Gasteiger partial charge on any atom is 0.115 e. The number of nitrogen functional groups attached to an aromatic ring is 1. The first-order valence-electron chi connectivity index (χ1n) is 10.3. The fraction of sp³-hybridized carbons (Fsp3) is 0.308. The predicted octanol–water partition coefficient (Wildman–Crippen LogP) is 7.20. The largest absolute Gasteiger partial charge is 0.398 e. The molecule has 0 saturated heterocycles. The van der Waals surface area contributed by atoms with Crippen molar-refractivity contribution in [3.8, 4) is 22.3 Å². The van der Waals surface area contributed by atoms with E-state index in [2.05, 4.69) is 98.8 Å². The summed E-state index contributed by atoms with van der Waals surface area (Å²) in [5.74, 6) is 0. The van der Waals surface area contributed by atoms with Crippen LogP contribution in [-0.4, -0.2) is 8.75 Å². The van der Waals surface area contributed by atoms with E-state index in [4.69, 9.17) is 5.73 Å². The molecule has 0 amide bonds. The average Bonchev–Trinajstić information content (AvgIpc) is 3.15. The van der Waals surface area contributed by atoms with Crippen LogP contribution in [0.1, 0.15) is 52.7 Å². The number of fused-ring (bicyclic) bond motifs is 1. The highest BCUT2D eigenvalue weighted by atomic mass is 32.1. The van der Waals surface area contributed by atoms with E-state index in [1.165, 1.54) is 22.9 Å². The zero-order valence-corrected chi connectivity index (χ0v) is 19.4. The molecule has 4 aromatic rings. The normalized spacial score (nSPS) is 12.5. The Morgan fingerprint density at radius 3 is 1.63 bits per heavy atom. The topological polar surface area (TPSA) is 51.8 Å². The number of benzene rings is 3. The fourth-order valence-electron chi connectivity index (χ4n) is 3.77. The summed E-state index contributed by atoms with van der Waals surface area (Å²) in [6.45, 7) is 13.3. The molecule has 4 heteroatoms. The lowest BCUT2D eigenvalue weighted by Crippen LogP contribution is -2.10. The summed E-state index contributed by atoms with van der Waals surface area (Å²) in [5.41, 5.74) is 16.1. The van der Waals surface area contributed by atoms with Gasteiger partial charge in [-0.15, -0.1) is 0 Å². The van der Waals surface area contributed by atoms with Crippen LogP contribution >= 0.6 is 11.7 Å². The van der Waals surface area contributed by atoms with Crippen LogP contribution in [-0.2, 0) is 10.8 Å². The van der Waals surface area contributed by atoms with Gasteiger partial charge in [0, 0.05) is 16.8 Å². The second kappa shape index (κ2) is 7.21. The van der Waals surface area contributed by atoms with Crippen LogP contribution in [0.2, 0.25) is 0 Å². The molecule has 3 aromatic carbocycles. The van der Waals surface area contributed by atoms with Crippen molar-refractivity contribution in [1.29, 1.82) is 0 Å². The van der Waals surface area contributed by atoms with Crippen LogP contribution in [0.5, 0.6) is 0 Å². The smallest absolute Gasteiger partial charge is 0.115 e. The minimum absolute atomic E-state index is 0.116. The van der Waals surface area contributed by atoms with Gasteiger partial charge < -0.3 is 5.73 Å². The Labute approximate surface area is 183 Å². The second-order valence-corrected chi connectivity index (χ2v) is 10.5. The lowest BCUT2D eigenvalue weighted by Gasteiger charge is -2.20. The fourth-order valence-corrected chi connectivity index (χ4v) is 4.34. The van der Waals surface area contributed by atoms with E-state index in [-0.39, 0.29) is 10.8 Å². The molecule has 154 valence electrons. The summed E-state index contributed by atoms with van der Waals surface area (Å²) in [7, 11) is 0. The van der Waals surface area contributed by atoms with Crippen molar-refractivity contribution < 1.29 is 0 Å². The molecule has 0 unspecified atom stereocenters. The summed E-state index contributed by atoms with van der Waals surface area (Å²) < 4.78 is 9.25. The van der Waals surface area contributed by atoms with Crippen LogP contribution < -0.4 is 5.73 Å². The zero-order valence-electron chi connectivity index (χ0n) is 18.6. The van der Waals surface area contributed by atoms with E-state index in [9.17, 15) is 0 Å². The number of nitrogens with zero attached hydrogens (tertiary/aromatic N) is 2. The first-order chi connectivity index (χ1) is 14.1. The second-order valence-electron chi connectivity index (χ2n) is 10.0. The van der Waals surface area contributed by atoms with E-state index >= 15 is 0 Å². The zero-order chi connectivity index (χ0) is 21.7. The minimum Gasteiger partial charge on any atom is -0.398 e. The first kappa shape index (κ1) is 20.5. The molecule has 0 radical (unpaired) electrons. The number of anilines is 1. The van der Waals surface area contributed by atoms with Crippen LogP contribution in [0.15, 0.2) is 54.6 Å². The molecule has 0 aliphatic rings. The van der Waals surface area contributed by atoms with E-state index in [1.54, 1.807) is 0 Å². The maximum atomic E-state index is 6.58. The van der Waals surface area contributed by atoms with Gasteiger partial charge in [0.15, 0.2) is 0 Å². The van der Waals surface area contributed by atoms with Crippen molar-refractivity contribution in [1.82, 2.24) is 8.75 Å². The Morgan fingerprint density at radius 1 is 0.667 bits per heavy atom. The monoisotopic (exact) mass is 415 g/mol. The van der Waals surface area contributed by atoms with Gasteiger partial charge in [0.25, 0.3) is 0 Å². The van der Waals surface area contributed by atoms with Gasteiger partial charge in [-0.3, -0.25) is 0 Å². The molecule has 0 aliphatic heterocycles. The van der Waals surface area contributed by atoms with Gasteiger partial charge in [-0.05, 0) is 39.2 Å². The van der Waals surface area contributed by atoms with Gasteiger partial charge in [-0.25, -0.2) is 0 Å². The quantitative estimate of drug-likeness (QED) is 0.352. The highest BCUT2D eigenvalue weighted by molar-refractivity contribution is 7.00. The van der Waals surface area contributed by atoms with Crippen LogP contribution in [0.3, 0.4) is 0 Å². The molecule has 0 saturated carbocycles. The first-order valence-corrected chi connectivity index (χ1v) is 11.1. The van der Waals surface area contributed by atoms with Gasteiger partial charge >= 0.3 is 0 Å². The summed E-state index contributed by atoms with van der Waals surface area (Å²) in [6.07, 6.45) is 0. The van der Waals surface area contributed by atoms with Crippen molar-refractivity contribution in [2.75, 3.05) is 5.73 Å². The highest BCUT2D eigenvalue weighted by Gasteiger charge is 2.19. The Balaban J connectivity index is 1.83. The third-order valence-electron chi connectivity index (χ3n) is 5.67. The molecule has 0 atom stereocenters. The van der Waals surface area contributed by atoms with Gasteiger partial charge in [0.2, 0.25) is 0 Å². The van der Waals surface area contributed by atoms with Crippen LogP contribution in [0, 0.1) is 0 Å². The number of aromatic nitrogens is 2. The van der Waals surface area contributed by atoms with Gasteiger partial charge in [-0.2, -0.15) is 8.75 Å². The number of rotatable bonds is 2. The molecular weight excluding hydrogens is 386 g/mol. The molecule has 1 aromatic heterocycles. The Kier molecular flexibility index (Phi) is 4.94. The van der Waals surface area contributed by atoms with E-state index in [1.807, 2.05) is 6.07 Å². The molecule has 30 heavy (non-hydrogen) atoms. The molecule has 4 rings (SSSR count). The van der Waals surface area contributed by atoms with Gasteiger partial charge in [-0.1, -0.05) is 90.1 Å². The van der Waals surface area contributed by atoms with Crippen molar-refractivity contribution in [3.05, 3.63) is 65.7 Å². The molecule has 3 nitrogen and oxygen atoms in total. The number of hydrogen-bond acceptors (Lipinski definition) is 4. The third kappa shape index (κ3) is 3.72. The maximum absolute atomic E-state index is 6.58. The number of nitrogens with two attached hydrogens (primary N) is 1. The molecule has 0 spiro atoms. The molecular formula is C26H29N3S. The number of hydrogen-bond donors (Lipinski definition) is 1. The summed E-state index contributed by atoms with van der Waals surface area (Å²) in [6, 6.07) is 19.4. The van der Waals surface area contributed by atoms with Crippen molar-refractivity contribution in [2.24, 2.45) is 0 Å². The Bertz CT molecular complexity index is 1190. The lowest BCUT2D eigenvalue weighted by atomic mass is 9.85. The SMILES string of the molecule is CC(C)(C)c1ccc(-c2cc(N)c(-c3ccc(C(C)(C)C)cc3)c3nsnc23)cc1. The molecule has 1 heterocycles.